The molecule has 182 valence electrons. The largest absolute Gasteiger partial charge is 0.179 e. The molecular formula is C25H46S6. The van der Waals surface area contributed by atoms with Gasteiger partial charge in [-0.3, -0.25) is 0 Å². The van der Waals surface area contributed by atoms with E-state index in [9.17, 15) is 0 Å². The molecule has 0 bridgehead atoms. The van der Waals surface area contributed by atoms with E-state index in [-0.39, 0.29) is 0 Å². The highest BCUT2D eigenvalue weighted by Crippen LogP contribution is 2.40. The molecular weight excluding hydrogens is 493 g/mol. The summed E-state index contributed by atoms with van der Waals surface area (Å²) in [5, 5.41) is 0. The minimum atomic E-state index is 0.911. The highest BCUT2D eigenvalue weighted by molar-refractivity contribution is 8.77. The first kappa shape index (κ1) is 27.7. The summed E-state index contributed by atoms with van der Waals surface area (Å²) in [6.07, 6.45) is 20.0. The predicted molar refractivity (Wildman–Crippen MR) is 158 cm³/mol. The van der Waals surface area contributed by atoms with Crippen LogP contribution in [0.2, 0.25) is 0 Å². The number of hydrogen-bond acceptors (Lipinski definition) is 6. The third-order valence-electron chi connectivity index (χ3n) is 7.94. The second kappa shape index (κ2) is 16.7. The number of rotatable bonds is 13. The predicted octanol–water partition coefficient (Wildman–Crippen LogP) is 9.46. The molecule has 0 heterocycles. The smallest absolute Gasteiger partial charge is 0.00653 e. The lowest BCUT2D eigenvalue weighted by Crippen LogP contribution is -2.18. The Bertz CT molecular complexity index is 437. The van der Waals surface area contributed by atoms with Crippen molar-refractivity contribution in [3.63, 3.8) is 0 Å². The summed E-state index contributed by atoms with van der Waals surface area (Å²) >= 11 is 6.53. The fourth-order valence-corrected chi connectivity index (χ4v) is 12.6. The zero-order chi connectivity index (χ0) is 21.7. The number of thioether (sulfide) groups is 1. The average Bonchev–Trinajstić information content (AvgIpc) is 2.82. The Morgan fingerprint density at radius 3 is 0.968 bits per heavy atom. The maximum atomic E-state index is 4.49. The van der Waals surface area contributed by atoms with E-state index in [1.54, 1.807) is 0 Å². The molecule has 3 saturated carbocycles. The Morgan fingerprint density at radius 1 is 0.452 bits per heavy atom. The van der Waals surface area contributed by atoms with Crippen molar-refractivity contribution < 1.29 is 0 Å². The van der Waals surface area contributed by atoms with Gasteiger partial charge in [0.2, 0.25) is 0 Å². The number of thiol groups is 1. The van der Waals surface area contributed by atoms with Gasteiger partial charge < -0.3 is 0 Å². The molecule has 0 aliphatic heterocycles. The molecule has 0 amide bonds. The Balaban J connectivity index is 1.13. The van der Waals surface area contributed by atoms with Gasteiger partial charge in [-0.2, -0.15) is 24.4 Å². The minimum Gasteiger partial charge on any atom is -0.179 e. The molecule has 0 atom stereocenters. The van der Waals surface area contributed by atoms with Crippen LogP contribution in [0.15, 0.2) is 0 Å². The van der Waals surface area contributed by atoms with Gasteiger partial charge in [-0.1, -0.05) is 43.2 Å². The van der Waals surface area contributed by atoms with Crippen LogP contribution in [-0.4, -0.2) is 40.8 Å². The van der Waals surface area contributed by atoms with Gasteiger partial charge in [-0.25, -0.2) is 0 Å². The summed E-state index contributed by atoms with van der Waals surface area (Å²) in [6, 6.07) is 0. The second-order valence-electron chi connectivity index (χ2n) is 10.4. The van der Waals surface area contributed by atoms with E-state index in [0.29, 0.717) is 0 Å². The van der Waals surface area contributed by atoms with E-state index in [1.165, 1.54) is 106 Å². The molecule has 0 N–H and O–H groups in total. The topological polar surface area (TPSA) is 0 Å². The van der Waals surface area contributed by atoms with E-state index in [1.807, 2.05) is 11.8 Å². The van der Waals surface area contributed by atoms with Crippen LogP contribution >= 0.6 is 67.6 Å². The van der Waals surface area contributed by atoms with Gasteiger partial charge in [-0.15, -0.1) is 0 Å². The van der Waals surface area contributed by atoms with Gasteiger partial charge in [-0.05, 0) is 130 Å². The molecule has 3 fully saturated rings. The Labute approximate surface area is 219 Å². The number of hydrogen-bond donors (Lipinski definition) is 1. The first-order valence-electron chi connectivity index (χ1n) is 12.8. The summed E-state index contributed by atoms with van der Waals surface area (Å²) in [5.74, 6) is 14.1. The van der Waals surface area contributed by atoms with Crippen LogP contribution in [0.25, 0.3) is 0 Å². The highest BCUT2D eigenvalue weighted by atomic mass is 33.1. The highest BCUT2D eigenvalue weighted by Gasteiger charge is 2.24. The van der Waals surface area contributed by atoms with Crippen molar-refractivity contribution in [2.75, 3.05) is 40.8 Å². The van der Waals surface area contributed by atoms with E-state index in [0.717, 1.165) is 41.3 Å². The third kappa shape index (κ3) is 11.1. The molecule has 0 spiro atoms. The van der Waals surface area contributed by atoms with Crippen molar-refractivity contribution in [1.82, 2.24) is 0 Å². The van der Waals surface area contributed by atoms with Crippen molar-refractivity contribution in [2.45, 2.75) is 77.0 Å². The van der Waals surface area contributed by atoms with Crippen LogP contribution in [0.5, 0.6) is 0 Å². The van der Waals surface area contributed by atoms with Gasteiger partial charge in [0.1, 0.15) is 0 Å². The van der Waals surface area contributed by atoms with Crippen LogP contribution in [0.1, 0.15) is 77.0 Å². The molecule has 3 aliphatic rings. The molecule has 0 saturated heterocycles. The molecule has 0 aromatic heterocycles. The van der Waals surface area contributed by atoms with Gasteiger partial charge >= 0.3 is 0 Å². The quantitative estimate of drug-likeness (QED) is 0.140. The second-order valence-corrected chi connectivity index (χ2v) is 16.8. The minimum absolute atomic E-state index is 0.911. The van der Waals surface area contributed by atoms with Crippen molar-refractivity contribution in [3.05, 3.63) is 0 Å². The van der Waals surface area contributed by atoms with Crippen LogP contribution in [0, 0.1) is 35.5 Å². The maximum Gasteiger partial charge on any atom is 0.00653 e. The monoisotopic (exact) mass is 538 g/mol. The van der Waals surface area contributed by atoms with Crippen molar-refractivity contribution >= 4 is 67.6 Å². The third-order valence-corrected chi connectivity index (χ3v) is 14.7. The molecule has 0 unspecified atom stereocenters. The van der Waals surface area contributed by atoms with Gasteiger partial charge in [0.25, 0.3) is 0 Å². The molecule has 3 aliphatic carbocycles. The van der Waals surface area contributed by atoms with Gasteiger partial charge in [0.15, 0.2) is 0 Å². The van der Waals surface area contributed by atoms with E-state index >= 15 is 0 Å². The molecule has 6 heteroatoms. The first-order valence-corrected chi connectivity index (χ1v) is 19.9. The Kier molecular flexibility index (Phi) is 14.9. The SMILES string of the molecule is CSCC1CCC(CSSCC2CCC(CSSCC3CCC(CS)CC3)CC2)CC1. The molecule has 0 aromatic carbocycles. The zero-order valence-electron chi connectivity index (χ0n) is 19.7. The lowest BCUT2D eigenvalue weighted by atomic mass is 9.84. The lowest BCUT2D eigenvalue weighted by molar-refractivity contribution is 0.315. The first-order chi connectivity index (χ1) is 15.3. The summed E-state index contributed by atoms with van der Waals surface area (Å²) in [6.45, 7) is 0. The standard InChI is InChI=1S/C25H46S6/c1-27-15-21-6-8-23(9-7-21)17-29-31-19-25-12-10-24(11-13-25)18-30-28-16-22-4-2-20(14-26)3-5-22/h20-26H,2-19H2,1H3. The summed E-state index contributed by atoms with van der Waals surface area (Å²) in [7, 11) is 8.78. The zero-order valence-corrected chi connectivity index (χ0v) is 24.7. The van der Waals surface area contributed by atoms with E-state index in [2.05, 4.69) is 62.1 Å². The normalized spacial score (nSPS) is 34.6. The van der Waals surface area contributed by atoms with Gasteiger partial charge in [0.05, 0.1) is 0 Å². The fraction of sp³-hybridized carbons (Fsp3) is 1.00. The van der Waals surface area contributed by atoms with Gasteiger partial charge in [0, 0.05) is 23.0 Å². The Morgan fingerprint density at radius 2 is 0.710 bits per heavy atom. The average molecular weight is 539 g/mol. The van der Waals surface area contributed by atoms with Crippen LogP contribution < -0.4 is 0 Å². The van der Waals surface area contributed by atoms with Crippen LogP contribution in [-0.2, 0) is 0 Å². The summed E-state index contributed by atoms with van der Waals surface area (Å²) < 4.78 is 0. The molecule has 31 heavy (non-hydrogen) atoms. The van der Waals surface area contributed by atoms with Crippen LogP contribution in [0.3, 0.4) is 0 Å². The molecule has 0 radical (unpaired) electrons. The summed E-state index contributed by atoms with van der Waals surface area (Å²) in [5.41, 5.74) is 0. The van der Waals surface area contributed by atoms with Crippen LogP contribution in [0.4, 0.5) is 0 Å². The summed E-state index contributed by atoms with van der Waals surface area (Å²) in [4.78, 5) is 0. The Hall–Kier alpha value is 2.10. The molecule has 0 aromatic rings. The molecule has 0 nitrogen and oxygen atoms in total. The van der Waals surface area contributed by atoms with E-state index in [4.69, 9.17) is 0 Å². The molecule has 3 rings (SSSR count). The van der Waals surface area contributed by atoms with Crippen molar-refractivity contribution in [2.24, 2.45) is 35.5 Å². The van der Waals surface area contributed by atoms with Crippen molar-refractivity contribution in [3.8, 4) is 0 Å². The fourth-order valence-electron chi connectivity index (χ4n) is 5.52. The maximum absolute atomic E-state index is 4.49. The van der Waals surface area contributed by atoms with Crippen molar-refractivity contribution in [1.29, 1.82) is 0 Å². The van der Waals surface area contributed by atoms with E-state index < -0.39 is 0 Å². The lowest BCUT2D eigenvalue weighted by Gasteiger charge is -2.29.